The highest BCUT2D eigenvalue weighted by Crippen LogP contribution is 2.41. The van der Waals surface area contributed by atoms with Crippen molar-refractivity contribution in [2.24, 2.45) is 0 Å². The van der Waals surface area contributed by atoms with Crippen LogP contribution in [0.3, 0.4) is 0 Å². The smallest absolute Gasteiger partial charge is 0.261 e. The zero-order valence-electron chi connectivity index (χ0n) is 18.0. The molecule has 160 valence electrons. The van der Waals surface area contributed by atoms with E-state index < -0.39 is 10.0 Å². The van der Waals surface area contributed by atoms with Crippen molar-refractivity contribution in [3.63, 3.8) is 0 Å². The van der Waals surface area contributed by atoms with Crippen LogP contribution in [0, 0.1) is 0 Å². The van der Waals surface area contributed by atoms with Gasteiger partial charge in [0.25, 0.3) is 10.0 Å². The Morgan fingerprint density at radius 2 is 1.93 bits per heavy atom. The minimum Gasteiger partial charge on any atom is -0.296 e. The topological polar surface area (TPSA) is 49.4 Å². The average Bonchev–Trinajstić information content (AvgIpc) is 2.74. The zero-order valence-corrected chi connectivity index (χ0v) is 18.8. The number of fused-ring (bicyclic) bond motifs is 3. The maximum Gasteiger partial charge on any atom is 0.261 e. The van der Waals surface area contributed by atoms with Crippen molar-refractivity contribution in [1.29, 1.82) is 0 Å². The molecule has 2 aliphatic rings. The summed E-state index contributed by atoms with van der Waals surface area (Å²) in [5, 5.41) is 0. The second-order valence-electron chi connectivity index (χ2n) is 8.88. The first-order valence-electron chi connectivity index (χ1n) is 11.0. The lowest BCUT2D eigenvalue weighted by atomic mass is 9.74. The number of benzene rings is 2. The minimum atomic E-state index is -3.60. The summed E-state index contributed by atoms with van der Waals surface area (Å²) >= 11 is 0. The molecule has 0 unspecified atom stereocenters. The van der Waals surface area contributed by atoms with Gasteiger partial charge in [0.05, 0.1) is 4.90 Å². The molecular weight excluding hydrogens is 392 g/mol. The number of likely N-dealkylation sites (tertiary alicyclic amines) is 1. The van der Waals surface area contributed by atoms with E-state index in [4.69, 9.17) is 0 Å². The van der Waals surface area contributed by atoms with Crippen molar-refractivity contribution in [3.8, 4) is 0 Å². The van der Waals surface area contributed by atoms with Crippen molar-refractivity contribution in [1.82, 2.24) is 4.90 Å². The van der Waals surface area contributed by atoms with Gasteiger partial charge in [-0.3, -0.25) is 9.62 Å². The van der Waals surface area contributed by atoms with E-state index in [1.165, 1.54) is 24.0 Å². The first-order valence-corrected chi connectivity index (χ1v) is 12.5. The highest BCUT2D eigenvalue weighted by Gasteiger charge is 2.36. The van der Waals surface area contributed by atoms with Crippen molar-refractivity contribution in [3.05, 3.63) is 71.8 Å². The van der Waals surface area contributed by atoms with Crippen molar-refractivity contribution in [2.75, 3.05) is 17.8 Å². The van der Waals surface area contributed by atoms with Crippen LogP contribution in [0.1, 0.15) is 61.6 Å². The fraction of sp³-hybridized carbons (Fsp3) is 0.440. The zero-order chi connectivity index (χ0) is 21.3. The summed E-state index contributed by atoms with van der Waals surface area (Å²) in [6.07, 6.45) is 6.55. The van der Waals surface area contributed by atoms with Crippen LogP contribution in [0.25, 0.3) is 0 Å². The Morgan fingerprint density at radius 1 is 1.17 bits per heavy atom. The SMILES string of the molecule is C=CCN1CCC[C@H]2c3cc(NS(=O)(=O)c4ccc(C(C)C)cc4)ccc3CC[C@@H]21. The maximum absolute atomic E-state index is 12.9. The predicted molar refractivity (Wildman–Crippen MR) is 124 cm³/mol. The molecule has 1 N–H and O–H groups in total. The first kappa shape index (κ1) is 21.1. The molecule has 1 saturated heterocycles. The molecule has 2 aromatic rings. The van der Waals surface area contributed by atoms with E-state index in [1.807, 2.05) is 24.3 Å². The molecular formula is C25H32N2O2S. The highest BCUT2D eigenvalue weighted by molar-refractivity contribution is 7.92. The molecule has 1 fully saturated rings. The number of rotatable bonds is 6. The standard InChI is InChI=1S/C25H32N2O2S/c1-4-15-27-16-5-6-23-24-17-21(11-7-20(24)10-14-25(23)27)26-30(28,29)22-12-8-19(9-13-22)18(2)3/h4,7-9,11-13,17-18,23,25-26H,1,5-6,10,14-16H2,2-3H3/t23-,25-/m0/s1. The summed E-state index contributed by atoms with van der Waals surface area (Å²) in [6, 6.07) is 13.8. The van der Waals surface area contributed by atoms with E-state index in [0.717, 1.165) is 31.5 Å². The van der Waals surface area contributed by atoms with Gasteiger partial charge < -0.3 is 0 Å². The predicted octanol–water partition coefficient (Wildman–Crippen LogP) is 5.29. The second-order valence-corrected chi connectivity index (χ2v) is 10.6. The molecule has 1 aliphatic carbocycles. The molecule has 4 nitrogen and oxygen atoms in total. The lowest BCUT2D eigenvalue weighted by molar-refractivity contribution is 0.126. The van der Waals surface area contributed by atoms with Crippen LogP contribution in [-0.2, 0) is 16.4 Å². The van der Waals surface area contributed by atoms with Crippen molar-refractivity contribution >= 4 is 15.7 Å². The summed E-state index contributed by atoms with van der Waals surface area (Å²) < 4.78 is 28.7. The third-order valence-electron chi connectivity index (χ3n) is 6.62. The lowest BCUT2D eigenvalue weighted by Gasteiger charge is -2.44. The summed E-state index contributed by atoms with van der Waals surface area (Å²) in [7, 11) is -3.60. The summed E-state index contributed by atoms with van der Waals surface area (Å²) in [5.41, 5.74) is 4.47. The summed E-state index contributed by atoms with van der Waals surface area (Å²) in [6.45, 7) is 10.2. The van der Waals surface area contributed by atoms with Gasteiger partial charge in [0, 0.05) is 18.3 Å². The molecule has 1 heterocycles. The maximum atomic E-state index is 12.9. The van der Waals surface area contributed by atoms with E-state index >= 15 is 0 Å². The Balaban J connectivity index is 1.58. The van der Waals surface area contributed by atoms with E-state index in [-0.39, 0.29) is 0 Å². The average molecular weight is 425 g/mol. The van der Waals surface area contributed by atoms with Gasteiger partial charge in [0.15, 0.2) is 0 Å². The monoisotopic (exact) mass is 424 g/mol. The fourth-order valence-electron chi connectivity index (χ4n) is 5.05. The molecule has 30 heavy (non-hydrogen) atoms. The largest absolute Gasteiger partial charge is 0.296 e. The molecule has 1 aliphatic heterocycles. The van der Waals surface area contributed by atoms with Gasteiger partial charge in [-0.15, -0.1) is 6.58 Å². The number of piperidine rings is 1. The normalized spacial score (nSPS) is 21.7. The number of sulfonamides is 1. The van der Waals surface area contributed by atoms with Gasteiger partial charge in [0.2, 0.25) is 0 Å². The Morgan fingerprint density at radius 3 is 2.63 bits per heavy atom. The summed E-state index contributed by atoms with van der Waals surface area (Å²) in [4.78, 5) is 2.84. The number of hydrogen-bond acceptors (Lipinski definition) is 3. The van der Waals surface area contributed by atoms with Crippen molar-refractivity contribution in [2.45, 2.75) is 62.3 Å². The molecule has 0 saturated carbocycles. The Kier molecular flexibility index (Phi) is 6.03. The van der Waals surface area contributed by atoms with Gasteiger partial charge >= 0.3 is 0 Å². The molecule has 0 spiro atoms. The van der Waals surface area contributed by atoms with Crippen LogP contribution in [0.4, 0.5) is 5.69 Å². The fourth-order valence-corrected chi connectivity index (χ4v) is 6.10. The van der Waals surface area contributed by atoms with E-state index in [2.05, 4.69) is 42.2 Å². The molecule has 0 radical (unpaired) electrons. The van der Waals surface area contributed by atoms with Gasteiger partial charge in [-0.05, 0) is 85.0 Å². The number of hydrogen-bond donors (Lipinski definition) is 1. The van der Waals surface area contributed by atoms with Crippen LogP contribution in [-0.4, -0.2) is 32.4 Å². The van der Waals surface area contributed by atoms with Crippen LogP contribution < -0.4 is 4.72 Å². The number of aryl methyl sites for hydroxylation is 1. The molecule has 4 rings (SSSR count). The number of anilines is 1. The van der Waals surface area contributed by atoms with E-state index in [9.17, 15) is 8.42 Å². The van der Waals surface area contributed by atoms with Gasteiger partial charge in [-0.2, -0.15) is 0 Å². The molecule has 0 aromatic heterocycles. The molecule has 2 aromatic carbocycles. The van der Waals surface area contributed by atoms with Crippen molar-refractivity contribution < 1.29 is 8.42 Å². The molecule has 5 heteroatoms. The lowest BCUT2D eigenvalue weighted by Crippen LogP contribution is -2.46. The van der Waals surface area contributed by atoms with E-state index in [1.54, 1.807) is 12.1 Å². The molecule has 2 atom stereocenters. The molecule has 0 amide bonds. The molecule has 0 bridgehead atoms. The highest BCUT2D eigenvalue weighted by atomic mass is 32.2. The quantitative estimate of drug-likeness (QED) is 0.641. The minimum absolute atomic E-state index is 0.303. The first-order chi connectivity index (χ1) is 14.4. The number of nitrogens with zero attached hydrogens (tertiary/aromatic N) is 1. The Hall–Kier alpha value is -2.11. The Labute approximate surface area is 181 Å². The van der Waals surface area contributed by atoms with E-state index in [0.29, 0.717) is 28.5 Å². The summed E-state index contributed by atoms with van der Waals surface area (Å²) in [5.74, 6) is 0.844. The van der Waals surface area contributed by atoms with Crippen LogP contribution >= 0.6 is 0 Å². The van der Waals surface area contributed by atoms with Gasteiger partial charge in [0.1, 0.15) is 0 Å². The second kappa shape index (κ2) is 8.56. The Bertz CT molecular complexity index is 1010. The third kappa shape index (κ3) is 4.19. The third-order valence-corrected chi connectivity index (χ3v) is 8.02. The van der Waals surface area contributed by atoms with Crippen LogP contribution in [0.2, 0.25) is 0 Å². The van der Waals surface area contributed by atoms with Gasteiger partial charge in [-0.25, -0.2) is 8.42 Å². The van der Waals surface area contributed by atoms with Crippen LogP contribution in [0.15, 0.2) is 60.0 Å². The van der Waals surface area contributed by atoms with Gasteiger partial charge in [-0.1, -0.05) is 38.1 Å². The van der Waals surface area contributed by atoms with Crippen LogP contribution in [0.5, 0.6) is 0 Å². The number of nitrogens with one attached hydrogen (secondary N) is 1.